The van der Waals surface area contributed by atoms with Crippen LogP contribution in [-0.4, -0.2) is 16.0 Å². The number of allylic oxidation sites excluding steroid dienone is 2. The van der Waals surface area contributed by atoms with Crippen LogP contribution in [0.1, 0.15) is 95.6 Å². The average molecular weight is 397 g/mol. The van der Waals surface area contributed by atoms with Gasteiger partial charge in [-0.2, -0.15) is 0 Å². The van der Waals surface area contributed by atoms with Crippen LogP contribution in [0.2, 0.25) is 0 Å². The van der Waals surface area contributed by atoms with Crippen LogP contribution >= 0.6 is 0 Å². The number of phenolic OH excluding ortho intramolecular Hbond substituents is 2. The summed E-state index contributed by atoms with van der Waals surface area (Å²) in [5.74, 6) is 1.07. The molecular formula is C26H36O3. The zero-order chi connectivity index (χ0) is 20.8. The van der Waals surface area contributed by atoms with Gasteiger partial charge in [0, 0.05) is 29.2 Å². The molecule has 0 heterocycles. The van der Waals surface area contributed by atoms with Crippen LogP contribution in [0.4, 0.5) is 0 Å². The molecule has 0 unspecified atom stereocenters. The van der Waals surface area contributed by atoms with E-state index < -0.39 is 0 Å². The number of benzene rings is 1. The van der Waals surface area contributed by atoms with E-state index in [9.17, 15) is 15.0 Å². The zero-order valence-corrected chi connectivity index (χ0v) is 18.2. The lowest BCUT2D eigenvalue weighted by Gasteiger charge is -2.59. The second-order valence-electron chi connectivity index (χ2n) is 10.3. The Hall–Kier alpha value is -1.77. The largest absolute Gasteiger partial charge is 0.508 e. The lowest BCUT2D eigenvalue weighted by molar-refractivity contribution is -0.151. The first-order chi connectivity index (χ1) is 13.8. The summed E-state index contributed by atoms with van der Waals surface area (Å²) in [6.07, 6.45) is 13.9. The fourth-order valence-electron chi connectivity index (χ4n) is 6.47. The molecule has 29 heavy (non-hydrogen) atoms. The van der Waals surface area contributed by atoms with E-state index in [4.69, 9.17) is 0 Å². The molecular weight excluding hydrogens is 360 g/mol. The number of Topliss-reactive ketones (excluding diaryl/α,β-unsaturated/α-hetero) is 1. The van der Waals surface area contributed by atoms with Gasteiger partial charge in [-0.15, -0.1) is 0 Å². The van der Waals surface area contributed by atoms with Gasteiger partial charge < -0.3 is 10.2 Å². The molecule has 5 rings (SSSR count). The molecule has 0 radical (unpaired) electrons. The van der Waals surface area contributed by atoms with Crippen molar-refractivity contribution in [1.82, 2.24) is 0 Å². The Balaban J connectivity index is 1.67. The van der Waals surface area contributed by atoms with Crippen molar-refractivity contribution in [1.29, 1.82) is 0 Å². The van der Waals surface area contributed by atoms with Crippen molar-refractivity contribution in [3.05, 3.63) is 35.4 Å². The summed E-state index contributed by atoms with van der Waals surface area (Å²) >= 11 is 0. The molecule has 3 atom stereocenters. The SMILES string of the molecule is CCCC/C=C\C1(c2cc(O)c([C@@H]3CC(=O)[C@@H]4C[C@H]3C4(C)C)c(O)c2)CCCC1. The first kappa shape index (κ1) is 20.5. The number of rotatable bonds is 6. The van der Waals surface area contributed by atoms with Crippen molar-refractivity contribution in [2.24, 2.45) is 17.3 Å². The number of hydrogen-bond donors (Lipinski definition) is 2. The first-order valence-corrected chi connectivity index (χ1v) is 11.6. The van der Waals surface area contributed by atoms with E-state index in [-0.39, 0.29) is 39.9 Å². The first-order valence-electron chi connectivity index (χ1n) is 11.6. The topological polar surface area (TPSA) is 57.5 Å². The van der Waals surface area contributed by atoms with Crippen molar-refractivity contribution in [2.75, 3.05) is 0 Å². The normalized spacial score (nSPS) is 29.9. The molecule has 0 amide bonds. The van der Waals surface area contributed by atoms with Crippen LogP contribution in [0.5, 0.6) is 11.5 Å². The monoisotopic (exact) mass is 396 g/mol. The van der Waals surface area contributed by atoms with E-state index in [2.05, 4.69) is 32.9 Å². The number of fused-ring (bicyclic) bond motifs is 2. The predicted octanol–water partition coefficient (Wildman–Crippen LogP) is 6.37. The molecule has 3 nitrogen and oxygen atoms in total. The number of phenols is 2. The standard InChI is InChI=1S/C26H36O3/c1-4-5-6-7-10-26(11-8-9-12-26)17-13-22(28)24(23(29)14-17)18-15-21(27)20-16-19(18)25(20,2)3/h7,10,13-14,18-20,28-29H,4-6,8-9,11-12,15-16H2,1-3H3/b10-7-/t18-,19-,20+/m1/s1. The minimum atomic E-state index is -0.0789. The van der Waals surface area contributed by atoms with Gasteiger partial charge in [0.25, 0.3) is 0 Å². The van der Waals surface area contributed by atoms with E-state index in [1.54, 1.807) is 0 Å². The van der Waals surface area contributed by atoms with Gasteiger partial charge in [0.05, 0.1) is 0 Å². The smallest absolute Gasteiger partial charge is 0.137 e. The molecule has 1 aromatic carbocycles. The number of carbonyl (C=O) groups is 1. The predicted molar refractivity (Wildman–Crippen MR) is 116 cm³/mol. The van der Waals surface area contributed by atoms with Gasteiger partial charge in [-0.25, -0.2) is 0 Å². The summed E-state index contributed by atoms with van der Waals surface area (Å²) in [5.41, 5.74) is 1.51. The zero-order valence-electron chi connectivity index (χ0n) is 18.2. The molecule has 0 aliphatic heterocycles. The van der Waals surface area contributed by atoms with Crippen molar-refractivity contribution < 1.29 is 15.0 Å². The Kier molecular flexibility index (Phi) is 5.29. The van der Waals surface area contributed by atoms with Gasteiger partial charge in [-0.3, -0.25) is 4.79 Å². The Morgan fingerprint density at radius 2 is 1.79 bits per heavy atom. The number of aromatic hydroxyl groups is 2. The molecule has 4 saturated carbocycles. The third-order valence-electron chi connectivity index (χ3n) is 8.38. The molecule has 4 aliphatic rings. The summed E-state index contributed by atoms with van der Waals surface area (Å²) in [4.78, 5) is 12.6. The molecule has 0 saturated heterocycles. The highest BCUT2D eigenvalue weighted by atomic mass is 16.3. The van der Waals surface area contributed by atoms with Crippen LogP contribution < -0.4 is 0 Å². The van der Waals surface area contributed by atoms with Crippen molar-refractivity contribution in [3.63, 3.8) is 0 Å². The third kappa shape index (κ3) is 3.31. The maximum Gasteiger partial charge on any atom is 0.137 e. The van der Waals surface area contributed by atoms with Gasteiger partial charge in [-0.05, 0) is 54.7 Å². The van der Waals surface area contributed by atoms with Crippen LogP contribution in [0.15, 0.2) is 24.3 Å². The maximum absolute atomic E-state index is 12.6. The van der Waals surface area contributed by atoms with Crippen molar-refractivity contribution >= 4 is 5.78 Å². The van der Waals surface area contributed by atoms with E-state index in [1.807, 2.05) is 12.1 Å². The summed E-state index contributed by atoms with van der Waals surface area (Å²) in [6, 6.07) is 3.76. The molecule has 0 spiro atoms. The van der Waals surface area contributed by atoms with E-state index in [0.717, 1.165) is 31.2 Å². The Morgan fingerprint density at radius 3 is 2.34 bits per heavy atom. The van der Waals surface area contributed by atoms with Crippen LogP contribution in [0, 0.1) is 17.3 Å². The fourth-order valence-corrected chi connectivity index (χ4v) is 6.47. The number of carbonyl (C=O) groups excluding carboxylic acids is 1. The number of hydrogen-bond acceptors (Lipinski definition) is 3. The summed E-state index contributed by atoms with van der Waals surface area (Å²) in [5, 5.41) is 22.0. The number of ketones is 1. The third-order valence-corrected chi connectivity index (χ3v) is 8.38. The summed E-state index contributed by atoms with van der Waals surface area (Å²) < 4.78 is 0. The highest BCUT2D eigenvalue weighted by Gasteiger charge is 2.59. The van der Waals surface area contributed by atoms with Crippen molar-refractivity contribution in [3.8, 4) is 11.5 Å². The molecule has 0 aromatic heterocycles. The van der Waals surface area contributed by atoms with E-state index in [0.29, 0.717) is 17.9 Å². The molecule has 3 heteroatoms. The van der Waals surface area contributed by atoms with Gasteiger partial charge in [0.2, 0.25) is 0 Å². The quantitative estimate of drug-likeness (QED) is 0.433. The van der Waals surface area contributed by atoms with Gasteiger partial charge >= 0.3 is 0 Å². The highest BCUT2D eigenvalue weighted by molar-refractivity contribution is 5.86. The van der Waals surface area contributed by atoms with Gasteiger partial charge in [0.1, 0.15) is 17.3 Å². The molecule has 2 bridgehead atoms. The lowest BCUT2D eigenvalue weighted by atomic mass is 9.44. The van der Waals surface area contributed by atoms with E-state index in [1.165, 1.54) is 25.7 Å². The molecule has 4 fully saturated rings. The van der Waals surface area contributed by atoms with Crippen LogP contribution in [-0.2, 0) is 10.2 Å². The van der Waals surface area contributed by atoms with Crippen LogP contribution in [0.3, 0.4) is 0 Å². The lowest BCUT2D eigenvalue weighted by Crippen LogP contribution is -2.56. The Morgan fingerprint density at radius 1 is 1.14 bits per heavy atom. The number of unbranched alkanes of at least 4 members (excludes halogenated alkanes) is 2. The molecule has 2 N–H and O–H groups in total. The highest BCUT2D eigenvalue weighted by Crippen LogP contribution is 2.64. The maximum atomic E-state index is 12.6. The minimum absolute atomic E-state index is 0.0355. The second kappa shape index (κ2) is 7.49. The molecule has 158 valence electrons. The Labute approximate surface area is 175 Å². The molecule has 1 aromatic rings. The van der Waals surface area contributed by atoms with Gasteiger partial charge in [0.15, 0.2) is 0 Å². The van der Waals surface area contributed by atoms with Gasteiger partial charge in [-0.1, -0.05) is 58.6 Å². The molecule has 4 aliphatic carbocycles. The second-order valence-corrected chi connectivity index (χ2v) is 10.3. The van der Waals surface area contributed by atoms with Crippen LogP contribution in [0.25, 0.3) is 0 Å². The average Bonchev–Trinajstić information content (AvgIpc) is 3.14. The van der Waals surface area contributed by atoms with Crippen molar-refractivity contribution in [2.45, 2.75) is 89.9 Å². The fraction of sp³-hybridized carbons (Fsp3) is 0.654. The van der Waals surface area contributed by atoms with E-state index >= 15 is 0 Å². The summed E-state index contributed by atoms with van der Waals surface area (Å²) in [7, 11) is 0. The Bertz CT molecular complexity index is 790. The summed E-state index contributed by atoms with van der Waals surface area (Å²) in [6.45, 7) is 6.52. The minimum Gasteiger partial charge on any atom is -0.508 e.